The zero-order chi connectivity index (χ0) is 22.0. The van der Waals surface area contributed by atoms with Crippen molar-refractivity contribution < 1.29 is 19.4 Å². The van der Waals surface area contributed by atoms with Gasteiger partial charge in [-0.3, -0.25) is 14.6 Å². The van der Waals surface area contributed by atoms with Crippen LogP contribution in [-0.2, 0) is 16.1 Å². The van der Waals surface area contributed by atoms with Gasteiger partial charge in [0.05, 0.1) is 31.0 Å². The van der Waals surface area contributed by atoms with E-state index in [9.17, 15) is 14.7 Å². The van der Waals surface area contributed by atoms with Gasteiger partial charge in [0.15, 0.2) is 0 Å². The van der Waals surface area contributed by atoms with Crippen molar-refractivity contribution >= 4 is 17.4 Å². The van der Waals surface area contributed by atoms with Crippen LogP contribution in [0.5, 0.6) is 5.75 Å². The molecule has 3 aromatic rings. The van der Waals surface area contributed by atoms with E-state index in [4.69, 9.17) is 4.74 Å². The molecule has 0 aliphatic carbocycles. The number of nitrogens with zero attached hydrogens (tertiary/aromatic N) is 2. The third kappa shape index (κ3) is 3.80. The van der Waals surface area contributed by atoms with Gasteiger partial charge in [-0.15, -0.1) is 0 Å². The van der Waals surface area contributed by atoms with Crippen LogP contribution in [0.1, 0.15) is 28.4 Å². The van der Waals surface area contributed by atoms with Gasteiger partial charge in [-0.05, 0) is 42.3 Å². The second-order valence-electron chi connectivity index (χ2n) is 7.34. The van der Waals surface area contributed by atoms with Crippen LogP contribution in [0.4, 0.5) is 0 Å². The lowest BCUT2D eigenvalue weighted by molar-refractivity contribution is -0.140. The molecule has 6 nitrogen and oxygen atoms in total. The Bertz CT molecular complexity index is 1170. The van der Waals surface area contributed by atoms with Gasteiger partial charge >= 0.3 is 0 Å². The summed E-state index contributed by atoms with van der Waals surface area (Å²) in [5.74, 6) is -1.07. The average Bonchev–Trinajstić information content (AvgIpc) is 3.04. The number of aliphatic hydroxyl groups is 1. The number of pyridine rings is 1. The number of carbonyl (C=O) groups excluding carboxylic acids is 2. The largest absolute Gasteiger partial charge is 0.507 e. The Hall–Kier alpha value is -3.93. The monoisotopic (exact) mass is 414 g/mol. The lowest BCUT2D eigenvalue weighted by Gasteiger charge is -2.26. The minimum Gasteiger partial charge on any atom is -0.507 e. The molecule has 156 valence electrons. The maximum absolute atomic E-state index is 13.1. The van der Waals surface area contributed by atoms with Crippen LogP contribution in [-0.4, -0.2) is 33.8 Å². The summed E-state index contributed by atoms with van der Waals surface area (Å²) >= 11 is 0. The summed E-state index contributed by atoms with van der Waals surface area (Å²) in [6.07, 6.45) is 1.64. The summed E-state index contributed by atoms with van der Waals surface area (Å²) < 4.78 is 5.24. The molecule has 2 heterocycles. The molecule has 4 rings (SSSR count). The molecule has 1 aliphatic rings. The number of benzene rings is 2. The van der Waals surface area contributed by atoms with E-state index < -0.39 is 17.7 Å². The van der Waals surface area contributed by atoms with Crippen molar-refractivity contribution in [3.63, 3.8) is 0 Å². The van der Waals surface area contributed by atoms with E-state index >= 15 is 0 Å². The predicted molar refractivity (Wildman–Crippen MR) is 116 cm³/mol. The van der Waals surface area contributed by atoms with Gasteiger partial charge in [-0.1, -0.05) is 42.5 Å². The second-order valence-corrected chi connectivity index (χ2v) is 7.34. The number of Topliss-reactive ketones (excluding diaryl/α,β-unsaturated/α-hetero) is 1. The zero-order valence-electron chi connectivity index (χ0n) is 17.3. The van der Waals surface area contributed by atoms with Crippen LogP contribution in [0.2, 0.25) is 0 Å². The number of ketones is 1. The standard InChI is InChI=1S/C25H22N2O4/c1-16-8-3-4-12-20(16)22-21(23(28)17-9-7-11-19(14-17)31-2)24(29)25(30)27(22)15-18-10-5-6-13-26-18/h3-14,22,28H,15H2,1-2H3/b23-21+. The fourth-order valence-corrected chi connectivity index (χ4v) is 3.85. The van der Waals surface area contributed by atoms with E-state index in [2.05, 4.69) is 4.98 Å². The number of likely N-dealkylation sites (tertiary alicyclic amines) is 1. The van der Waals surface area contributed by atoms with E-state index in [0.717, 1.165) is 11.1 Å². The summed E-state index contributed by atoms with van der Waals surface area (Å²) in [6.45, 7) is 2.07. The van der Waals surface area contributed by atoms with Crippen molar-refractivity contribution in [1.29, 1.82) is 0 Å². The molecule has 6 heteroatoms. The Morgan fingerprint density at radius 1 is 1.06 bits per heavy atom. The summed E-state index contributed by atoms with van der Waals surface area (Å²) in [6, 6.07) is 19.0. The number of aliphatic hydroxyl groups excluding tert-OH is 1. The highest BCUT2D eigenvalue weighted by Gasteiger charge is 2.46. The maximum Gasteiger partial charge on any atom is 0.296 e. The number of hydrogen-bond acceptors (Lipinski definition) is 5. The third-order valence-corrected chi connectivity index (χ3v) is 5.42. The fraction of sp³-hybridized carbons (Fsp3) is 0.160. The topological polar surface area (TPSA) is 79.7 Å². The Labute approximate surface area is 180 Å². The van der Waals surface area contributed by atoms with Gasteiger partial charge in [-0.25, -0.2) is 0 Å². The molecule has 1 N–H and O–H groups in total. The Kier molecular flexibility index (Phi) is 5.54. The molecule has 2 aromatic carbocycles. The van der Waals surface area contributed by atoms with Crippen LogP contribution in [0, 0.1) is 6.92 Å². The van der Waals surface area contributed by atoms with Crippen molar-refractivity contribution in [2.24, 2.45) is 0 Å². The second kappa shape index (κ2) is 8.44. The van der Waals surface area contributed by atoms with Crippen LogP contribution in [0.15, 0.2) is 78.5 Å². The Morgan fingerprint density at radius 2 is 1.84 bits per heavy atom. The van der Waals surface area contributed by atoms with Crippen LogP contribution < -0.4 is 4.74 Å². The minimum atomic E-state index is -0.727. The molecule has 1 unspecified atom stereocenters. The smallest absolute Gasteiger partial charge is 0.296 e. The van der Waals surface area contributed by atoms with Crippen LogP contribution >= 0.6 is 0 Å². The summed E-state index contributed by atoms with van der Waals surface area (Å²) in [5, 5.41) is 11.1. The zero-order valence-corrected chi connectivity index (χ0v) is 17.3. The first-order chi connectivity index (χ1) is 15.0. The van der Waals surface area contributed by atoms with Gasteiger partial charge in [0, 0.05) is 11.8 Å². The number of rotatable bonds is 5. The molecule has 1 atom stereocenters. The quantitative estimate of drug-likeness (QED) is 0.388. The maximum atomic E-state index is 13.1. The molecule has 1 saturated heterocycles. The highest BCUT2D eigenvalue weighted by Crippen LogP contribution is 2.41. The average molecular weight is 414 g/mol. The van der Waals surface area contributed by atoms with Crippen molar-refractivity contribution in [2.45, 2.75) is 19.5 Å². The van der Waals surface area contributed by atoms with Crippen LogP contribution in [0.25, 0.3) is 5.76 Å². The van der Waals surface area contributed by atoms with Crippen LogP contribution in [0.3, 0.4) is 0 Å². The lowest BCUT2D eigenvalue weighted by atomic mass is 9.92. The molecule has 0 bridgehead atoms. The molecule has 1 amide bonds. The first kappa shape index (κ1) is 20.3. The minimum absolute atomic E-state index is 0.0588. The van der Waals surface area contributed by atoms with E-state index in [-0.39, 0.29) is 17.9 Å². The SMILES string of the molecule is COc1cccc(/C(O)=C2\C(=O)C(=O)N(Cc3ccccn3)C2c2ccccc2C)c1. The number of ether oxygens (including phenoxy) is 1. The summed E-state index contributed by atoms with van der Waals surface area (Å²) in [4.78, 5) is 31.9. The van der Waals surface area contributed by atoms with Gasteiger partial charge in [-0.2, -0.15) is 0 Å². The fourth-order valence-electron chi connectivity index (χ4n) is 3.85. The highest BCUT2D eigenvalue weighted by atomic mass is 16.5. The van der Waals surface area contributed by atoms with Crippen molar-refractivity contribution in [3.05, 3.63) is 101 Å². The highest BCUT2D eigenvalue weighted by molar-refractivity contribution is 6.46. The summed E-state index contributed by atoms with van der Waals surface area (Å²) in [5.41, 5.74) is 2.82. The third-order valence-electron chi connectivity index (χ3n) is 5.42. The van der Waals surface area contributed by atoms with Gasteiger partial charge < -0.3 is 14.7 Å². The lowest BCUT2D eigenvalue weighted by Crippen LogP contribution is -2.29. The number of methoxy groups -OCH3 is 1. The van der Waals surface area contributed by atoms with Gasteiger partial charge in [0.2, 0.25) is 0 Å². The summed E-state index contributed by atoms with van der Waals surface area (Å²) in [7, 11) is 1.53. The number of hydrogen-bond donors (Lipinski definition) is 1. The number of aryl methyl sites for hydroxylation is 1. The van der Waals surface area contributed by atoms with Gasteiger partial charge in [0.1, 0.15) is 11.5 Å². The molecule has 1 fully saturated rings. The van der Waals surface area contributed by atoms with E-state index in [1.165, 1.54) is 12.0 Å². The number of aromatic nitrogens is 1. The first-order valence-electron chi connectivity index (χ1n) is 9.89. The molecule has 1 aliphatic heterocycles. The van der Waals surface area contributed by atoms with E-state index in [1.54, 1.807) is 42.6 Å². The van der Waals surface area contributed by atoms with Gasteiger partial charge in [0.25, 0.3) is 11.7 Å². The van der Waals surface area contributed by atoms with Crippen molar-refractivity contribution in [1.82, 2.24) is 9.88 Å². The van der Waals surface area contributed by atoms with Crippen molar-refractivity contribution in [3.8, 4) is 5.75 Å². The van der Waals surface area contributed by atoms with E-state index in [1.807, 2.05) is 37.3 Å². The molecule has 0 radical (unpaired) electrons. The Balaban J connectivity index is 1.89. The molecule has 31 heavy (non-hydrogen) atoms. The van der Waals surface area contributed by atoms with E-state index in [0.29, 0.717) is 17.0 Å². The molecule has 0 saturated carbocycles. The first-order valence-corrected chi connectivity index (χ1v) is 9.89. The molecular formula is C25H22N2O4. The normalized spacial score (nSPS) is 17.7. The molecular weight excluding hydrogens is 392 g/mol. The predicted octanol–water partition coefficient (Wildman–Crippen LogP) is 4.02. The molecule has 1 aromatic heterocycles. The Morgan fingerprint density at radius 3 is 2.55 bits per heavy atom. The molecule has 0 spiro atoms. The number of amides is 1. The van der Waals surface area contributed by atoms with Crippen molar-refractivity contribution in [2.75, 3.05) is 7.11 Å². The number of carbonyl (C=O) groups is 2.